The van der Waals surface area contributed by atoms with Crippen molar-refractivity contribution in [2.24, 2.45) is 0 Å². The molecule has 0 atom stereocenters. The zero-order chi connectivity index (χ0) is 11.5. The van der Waals surface area contributed by atoms with E-state index in [0.29, 0.717) is 11.6 Å². The highest BCUT2D eigenvalue weighted by atomic mass is 35.5. The van der Waals surface area contributed by atoms with Crippen molar-refractivity contribution in [1.29, 1.82) is 0 Å². The van der Waals surface area contributed by atoms with Crippen LogP contribution >= 0.6 is 11.6 Å². The van der Waals surface area contributed by atoms with E-state index in [1.165, 1.54) is 6.07 Å². The number of nitrogens with zero attached hydrogens (tertiary/aromatic N) is 2. The second-order valence-corrected chi connectivity index (χ2v) is 3.75. The highest BCUT2D eigenvalue weighted by Crippen LogP contribution is 2.19. The van der Waals surface area contributed by atoms with E-state index < -0.39 is 5.97 Å². The van der Waals surface area contributed by atoms with Gasteiger partial charge in [-0.15, -0.1) is 0 Å². The van der Waals surface area contributed by atoms with Gasteiger partial charge in [-0.2, -0.15) is 0 Å². The van der Waals surface area contributed by atoms with Crippen LogP contribution in [0.1, 0.15) is 15.9 Å². The molecule has 0 aliphatic heterocycles. The number of rotatable bonds is 3. The maximum Gasteiger partial charge on any atom is 0.335 e. The molecule has 0 unspecified atom stereocenters. The van der Waals surface area contributed by atoms with Gasteiger partial charge in [0, 0.05) is 24.0 Å². The first-order valence-corrected chi connectivity index (χ1v) is 5.02. The highest BCUT2D eigenvalue weighted by molar-refractivity contribution is 6.31. The molecule has 0 fully saturated rings. The van der Waals surface area contributed by atoms with Crippen LogP contribution in [-0.4, -0.2) is 20.6 Å². The van der Waals surface area contributed by atoms with Crippen molar-refractivity contribution in [3.05, 3.63) is 53.1 Å². The van der Waals surface area contributed by atoms with Gasteiger partial charge in [-0.25, -0.2) is 9.78 Å². The van der Waals surface area contributed by atoms with E-state index in [4.69, 9.17) is 16.7 Å². The van der Waals surface area contributed by atoms with Crippen molar-refractivity contribution < 1.29 is 9.90 Å². The van der Waals surface area contributed by atoms with Crippen LogP contribution in [0.15, 0.2) is 36.9 Å². The van der Waals surface area contributed by atoms with Crippen molar-refractivity contribution in [2.75, 3.05) is 0 Å². The molecule has 1 N–H and O–H groups in total. The summed E-state index contributed by atoms with van der Waals surface area (Å²) in [5.74, 6) is -0.976. The minimum atomic E-state index is -0.976. The number of carbonyl (C=O) groups is 1. The fourth-order valence-electron chi connectivity index (χ4n) is 1.39. The van der Waals surface area contributed by atoms with E-state index in [0.717, 1.165) is 5.56 Å². The first-order valence-electron chi connectivity index (χ1n) is 4.64. The number of carboxylic acid groups (broad SMARTS) is 1. The lowest BCUT2D eigenvalue weighted by molar-refractivity contribution is 0.0697. The second-order valence-electron chi connectivity index (χ2n) is 3.35. The number of hydrogen-bond donors (Lipinski definition) is 1. The van der Waals surface area contributed by atoms with Crippen LogP contribution in [0, 0.1) is 0 Å². The predicted molar refractivity (Wildman–Crippen MR) is 59.7 cm³/mol. The maximum absolute atomic E-state index is 10.7. The van der Waals surface area contributed by atoms with E-state index in [1.807, 2.05) is 10.8 Å². The van der Waals surface area contributed by atoms with E-state index in [1.54, 1.807) is 24.7 Å². The lowest BCUT2D eigenvalue weighted by Gasteiger charge is -2.05. The summed E-state index contributed by atoms with van der Waals surface area (Å²) < 4.78 is 1.86. The van der Waals surface area contributed by atoms with E-state index in [2.05, 4.69) is 4.98 Å². The quantitative estimate of drug-likeness (QED) is 0.890. The Morgan fingerprint density at radius 3 is 2.88 bits per heavy atom. The van der Waals surface area contributed by atoms with Crippen LogP contribution in [-0.2, 0) is 6.54 Å². The zero-order valence-corrected chi connectivity index (χ0v) is 9.05. The van der Waals surface area contributed by atoms with Crippen molar-refractivity contribution in [2.45, 2.75) is 6.54 Å². The standard InChI is InChI=1S/C11H9ClN2O2/c12-10-5-8(11(15)16)1-2-9(10)6-14-4-3-13-7-14/h1-5,7H,6H2,(H,15,16). The van der Waals surface area contributed by atoms with Gasteiger partial charge >= 0.3 is 5.97 Å². The van der Waals surface area contributed by atoms with E-state index in [-0.39, 0.29) is 5.56 Å². The lowest BCUT2D eigenvalue weighted by atomic mass is 10.1. The van der Waals surface area contributed by atoms with Crippen LogP contribution in [0.4, 0.5) is 0 Å². The van der Waals surface area contributed by atoms with Gasteiger partial charge in [0.1, 0.15) is 0 Å². The SMILES string of the molecule is O=C(O)c1ccc(Cn2ccnc2)c(Cl)c1. The minimum absolute atomic E-state index is 0.194. The summed E-state index contributed by atoms with van der Waals surface area (Å²) >= 11 is 5.99. The van der Waals surface area contributed by atoms with Crippen molar-refractivity contribution in [3.8, 4) is 0 Å². The predicted octanol–water partition coefficient (Wildman–Crippen LogP) is 2.28. The summed E-state index contributed by atoms with van der Waals surface area (Å²) in [5, 5.41) is 9.24. The summed E-state index contributed by atoms with van der Waals surface area (Å²) in [6.07, 6.45) is 5.18. The molecular formula is C11H9ClN2O2. The van der Waals surface area contributed by atoms with Crippen molar-refractivity contribution in [3.63, 3.8) is 0 Å². The van der Waals surface area contributed by atoms with Crippen LogP contribution in [0.2, 0.25) is 5.02 Å². The molecule has 1 aromatic heterocycles. The molecule has 1 heterocycles. The Labute approximate surface area is 97.1 Å². The summed E-state index contributed by atoms with van der Waals surface area (Å²) in [5.41, 5.74) is 1.06. The molecule has 16 heavy (non-hydrogen) atoms. The molecule has 0 radical (unpaired) electrons. The average molecular weight is 237 g/mol. The van der Waals surface area contributed by atoms with Crippen molar-refractivity contribution >= 4 is 17.6 Å². The number of aromatic nitrogens is 2. The molecule has 0 saturated carbocycles. The first-order chi connectivity index (χ1) is 7.66. The minimum Gasteiger partial charge on any atom is -0.478 e. The average Bonchev–Trinajstić information content (AvgIpc) is 2.73. The Kier molecular flexibility index (Phi) is 2.92. The Bertz CT molecular complexity index is 509. The Balaban J connectivity index is 2.26. The van der Waals surface area contributed by atoms with Gasteiger partial charge in [0.25, 0.3) is 0 Å². The highest BCUT2D eigenvalue weighted by Gasteiger charge is 2.07. The number of benzene rings is 1. The molecule has 4 nitrogen and oxygen atoms in total. The molecule has 0 aliphatic rings. The van der Waals surface area contributed by atoms with Gasteiger partial charge in [0.05, 0.1) is 11.9 Å². The number of carboxylic acids is 1. The number of imidazole rings is 1. The van der Waals surface area contributed by atoms with E-state index in [9.17, 15) is 4.79 Å². The van der Waals surface area contributed by atoms with Gasteiger partial charge < -0.3 is 9.67 Å². The van der Waals surface area contributed by atoms with Crippen LogP contribution in [0.25, 0.3) is 0 Å². The fraction of sp³-hybridized carbons (Fsp3) is 0.0909. The molecule has 82 valence electrons. The zero-order valence-electron chi connectivity index (χ0n) is 8.30. The molecule has 0 saturated heterocycles. The third-order valence-electron chi connectivity index (χ3n) is 2.21. The summed E-state index contributed by atoms with van der Waals surface area (Å²) in [6, 6.07) is 4.71. The molecule has 5 heteroatoms. The van der Waals surface area contributed by atoms with Crippen LogP contribution < -0.4 is 0 Å². The van der Waals surface area contributed by atoms with Gasteiger partial charge in [-0.1, -0.05) is 17.7 Å². The first kappa shape index (κ1) is 10.7. The third kappa shape index (κ3) is 2.23. The molecule has 2 rings (SSSR count). The smallest absolute Gasteiger partial charge is 0.335 e. The van der Waals surface area contributed by atoms with Gasteiger partial charge in [0.2, 0.25) is 0 Å². The monoisotopic (exact) mass is 236 g/mol. The van der Waals surface area contributed by atoms with E-state index >= 15 is 0 Å². The molecule has 1 aromatic carbocycles. The topological polar surface area (TPSA) is 55.1 Å². The third-order valence-corrected chi connectivity index (χ3v) is 2.56. The largest absolute Gasteiger partial charge is 0.478 e. The summed E-state index contributed by atoms with van der Waals surface area (Å²) in [7, 11) is 0. The summed E-state index contributed by atoms with van der Waals surface area (Å²) in [4.78, 5) is 14.6. The number of halogens is 1. The maximum atomic E-state index is 10.7. The van der Waals surface area contributed by atoms with Crippen LogP contribution in [0.5, 0.6) is 0 Å². The molecule has 0 bridgehead atoms. The Morgan fingerprint density at radius 2 is 2.31 bits per heavy atom. The van der Waals surface area contributed by atoms with Gasteiger partial charge in [0.15, 0.2) is 0 Å². The molecule has 0 aliphatic carbocycles. The summed E-state index contributed by atoms with van der Waals surface area (Å²) in [6.45, 7) is 0.582. The lowest BCUT2D eigenvalue weighted by Crippen LogP contribution is -2.00. The van der Waals surface area contributed by atoms with Gasteiger partial charge in [-0.3, -0.25) is 0 Å². The number of aromatic carboxylic acids is 1. The molecule has 2 aromatic rings. The van der Waals surface area contributed by atoms with Crippen molar-refractivity contribution in [1.82, 2.24) is 9.55 Å². The van der Waals surface area contributed by atoms with Crippen LogP contribution in [0.3, 0.4) is 0 Å². The Morgan fingerprint density at radius 1 is 1.50 bits per heavy atom. The molecular weight excluding hydrogens is 228 g/mol. The fourth-order valence-corrected chi connectivity index (χ4v) is 1.63. The number of hydrogen-bond acceptors (Lipinski definition) is 2. The normalized spacial score (nSPS) is 10.3. The molecule has 0 amide bonds. The molecule has 0 spiro atoms. The second kappa shape index (κ2) is 4.37. The van der Waals surface area contributed by atoms with Gasteiger partial charge in [-0.05, 0) is 17.7 Å². The Hall–Kier alpha value is -1.81.